The zero-order valence-electron chi connectivity index (χ0n) is 17.1. The van der Waals surface area contributed by atoms with Gasteiger partial charge in [0.25, 0.3) is 5.91 Å². The lowest BCUT2D eigenvalue weighted by atomic mass is 10.00. The molecule has 0 aliphatic carbocycles. The van der Waals surface area contributed by atoms with Crippen molar-refractivity contribution in [1.29, 1.82) is 5.26 Å². The molecule has 0 aromatic heterocycles. The third-order valence-corrected chi connectivity index (χ3v) is 5.43. The van der Waals surface area contributed by atoms with Crippen LogP contribution in [0.2, 0.25) is 0 Å². The van der Waals surface area contributed by atoms with E-state index < -0.39 is 0 Å². The minimum absolute atomic E-state index is 0.0839. The standard InChI is InChI=1S/C24H27N3O2/c1-18(2)21-9-6-19(7-10-21)8-11-23(28)26-12-14-27(15-13-26)24(29)22-5-3-4-20(16-22)17-25/h3-7,9-10,16,18H,8,11-15H2,1-2H3. The highest BCUT2D eigenvalue weighted by molar-refractivity contribution is 5.94. The van der Waals surface area contributed by atoms with E-state index in [0.29, 0.717) is 49.6 Å². The number of aryl methyl sites for hydroxylation is 1. The van der Waals surface area contributed by atoms with Crippen LogP contribution in [0.5, 0.6) is 0 Å². The van der Waals surface area contributed by atoms with Gasteiger partial charge in [-0.15, -0.1) is 0 Å². The van der Waals surface area contributed by atoms with Crippen LogP contribution in [0.25, 0.3) is 0 Å². The van der Waals surface area contributed by atoms with E-state index in [1.165, 1.54) is 11.1 Å². The number of nitrogens with zero attached hydrogens (tertiary/aromatic N) is 3. The lowest BCUT2D eigenvalue weighted by Crippen LogP contribution is -2.50. The van der Waals surface area contributed by atoms with Gasteiger partial charge < -0.3 is 9.80 Å². The number of hydrogen-bond acceptors (Lipinski definition) is 3. The van der Waals surface area contributed by atoms with Crippen molar-refractivity contribution in [3.8, 4) is 6.07 Å². The number of nitriles is 1. The van der Waals surface area contributed by atoms with E-state index in [1.54, 1.807) is 29.2 Å². The maximum atomic E-state index is 12.6. The molecule has 1 fully saturated rings. The maximum absolute atomic E-state index is 12.6. The van der Waals surface area contributed by atoms with E-state index in [2.05, 4.69) is 44.2 Å². The van der Waals surface area contributed by atoms with Gasteiger partial charge in [-0.25, -0.2) is 0 Å². The number of amides is 2. The third kappa shape index (κ3) is 5.23. The fourth-order valence-corrected chi connectivity index (χ4v) is 3.54. The molecule has 0 saturated carbocycles. The molecule has 29 heavy (non-hydrogen) atoms. The topological polar surface area (TPSA) is 64.4 Å². The molecule has 1 saturated heterocycles. The Morgan fingerprint density at radius 2 is 1.66 bits per heavy atom. The summed E-state index contributed by atoms with van der Waals surface area (Å²) in [6.45, 7) is 6.48. The molecule has 0 bridgehead atoms. The van der Waals surface area contributed by atoms with Crippen LogP contribution >= 0.6 is 0 Å². The predicted molar refractivity (Wildman–Crippen MR) is 112 cm³/mol. The molecule has 1 aliphatic heterocycles. The summed E-state index contributed by atoms with van der Waals surface area (Å²) in [4.78, 5) is 28.8. The number of piperazine rings is 1. The summed E-state index contributed by atoms with van der Waals surface area (Å²) in [5.74, 6) is 0.558. The molecule has 2 aromatic rings. The maximum Gasteiger partial charge on any atom is 0.254 e. The first-order valence-corrected chi connectivity index (χ1v) is 10.1. The van der Waals surface area contributed by atoms with E-state index >= 15 is 0 Å². The summed E-state index contributed by atoms with van der Waals surface area (Å²) < 4.78 is 0. The molecular formula is C24H27N3O2. The Labute approximate surface area is 172 Å². The van der Waals surface area contributed by atoms with E-state index in [0.717, 1.165) is 6.42 Å². The number of carbonyl (C=O) groups is 2. The summed E-state index contributed by atoms with van der Waals surface area (Å²) in [7, 11) is 0. The van der Waals surface area contributed by atoms with Gasteiger partial charge in [-0.2, -0.15) is 5.26 Å². The van der Waals surface area contributed by atoms with Crippen molar-refractivity contribution in [2.24, 2.45) is 0 Å². The molecule has 0 N–H and O–H groups in total. The molecule has 1 heterocycles. The molecule has 5 heteroatoms. The van der Waals surface area contributed by atoms with Crippen molar-refractivity contribution >= 4 is 11.8 Å². The Balaban J connectivity index is 1.49. The molecule has 5 nitrogen and oxygen atoms in total. The number of carbonyl (C=O) groups excluding carboxylic acids is 2. The fourth-order valence-electron chi connectivity index (χ4n) is 3.54. The zero-order valence-corrected chi connectivity index (χ0v) is 17.1. The lowest BCUT2D eigenvalue weighted by molar-refractivity contribution is -0.132. The Kier molecular flexibility index (Phi) is 6.66. The summed E-state index contributed by atoms with van der Waals surface area (Å²) in [6, 6.07) is 17.3. The Morgan fingerprint density at radius 1 is 1.00 bits per heavy atom. The van der Waals surface area contributed by atoms with Gasteiger partial charge in [0.2, 0.25) is 5.91 Å². The van der Waals surface area contributed by atoms with Crippen LogP contribution in [0.15, 0.2) is 48.5 Å². The van der Waals surface area contributed by atoms with E-state index in [4.69, 9.17) is 5.26 Å². The number of hydrogen-bond donors (Lipinski definition) is 0. The van der Waals surface area contributed by atoms with Gasteiger partial charge in [-0.1, -0.05) is 44.2 Å². The average molecular weight is 389 g/mol. The van der Waals surface area contributed by atoms with Gasteiger partial charge in [0.1, 0.15) is 0 Å². The smallest absolute Gasteiger partial charge is 0.254 e. The van der Waals surface area contributed by atoms with Gasteiger partial charge in [0.05, 0.1) is 11.6 Å². The summed E-state index contributed by atoms with van der Waals surface area (Å²) in [5.41, 5.74) is 3.48. The molecular weight excluding hydrogens is 362 g/mol. The van der Waals surface area contributed by atoms with Crippen LogP contribution in [-0.2, 0) is 11.2 Å². The lowest BCUT2D eigenvalue weighted by Gasteiger charge is -2.35. The quantitative estimate of drug-likeness (QED) is 0.785. The third-order valence-electron chi connectivity index (χ3n) is 5.43. The van der Waals surface area contributed by atoms with Crippen LogP contribution < -0.4 is 0 Å². The molecule has 150 valence electrons. The summed E-state index contributed by atoms with van der Waals surface area (Å²) in [6.07, 6.45) is 1.22. The van der Waals surface area contributed by atoms with Crippen LogP contribution in [-0.4, -0.2) is 47.8 Å². The second-order valence-corrected chi connectivity index (χ2v) is 7.76. The first kappa shape index (κ1) is 20.6. The van der Waals surface area contributed by atoms with Crippen molar-refractivity contribution in [2.75, 3.05) is 26.2 Å². The highest BCUT2D eigenvalue weighted by Crippen LogP contribution is 2.16. The molecule has 0 unspecified atom stereocenters. The van der Waals surface area contributed by atoms with E-state index in [-0.39, 0.29) is 11.8 Å². The summed E-state index contributed by atoms with van der Waals surface area (Å²) >= 11 is 0. The largest absolute Gasteiger partial charge is 0.339 e. The molecule has 0 spiro atoms. The monoisotopic (exact) mass is 389 g/mol. The minimum Gasteiger partial charge on any atom is -0.339 e. The normalized spacial score (nSPS) is 14.0. The number of benzene rings is 2. The van der Waals surface area contributed by atoms with Crippen LogP contribution in [0.4, 0.5) is 0 Å². The minimum atomic E-state index is -0.0839. The molecule has 1 aliphatic rings. The Morgan fingerprint density at radius 3 is 2.28 bits per heavy atom. The first-order valence-electron chi connectivity index (χ1n) is 10.1. The van der Waals surface area contributed by atoms with Crippen molar-refractivity contribution < 1.29 is 9.59 Å². The van der Waals surface area contributed by atoms with Crippen molar-refractivity contribution in [3.63, 3.8) is 0 Å². The highest BCUT2D eigenvalue weighted by Gasteiger charge is 2.24. The van der Waals surface area contributed by atoms with Crippen molar-refractivity contribution in [3.05, 3.63) is 70.8 Å². The van der Waals surface area contributed by atoms with Crippen molar-refractivity contribution in [2.45, 2.75) is 32.6 Å². The van der Waals surface area contributed by atoms with Crippen LogP contribution in [0.1, 0.15) is 53.2 Å². The number of rotatable bonds is 5. The zero-order chi connectivity index (χ0) is 20.8. The molecule has 0 radical (unpaired) electrons. The second kappa shape index (κ2) is 9.38. The van der Waals surface area contributed by atoms with Gasteiger partial charge >= 0.3 is 0 Å². The molecule has 2 aromatic carbocycles. The van der Waals surface area contributed by atoms with Gasteiger partial charge in [-0.3, -0.25) is 9.59 Å². The fraction of sp³-hybridized carbons (Fsp3) is 0.375. The van der Waals surface area contributed by atoms with Crippen LogP contribution in [0, 0.1) is 11.3 Å². The Hall–Kier alpha value is -3.13. The van der Waals surface area contributed by atoms with Gasteiger partial charge in [0, 0.05) is 38.2 Å². The SMILES string of the molecule is CC(C)c1ccc(CCC(=O)N2CCN(C(=O)c3cccc(C#N)c3)CC2)cc1. The molecule has 3 rings (SSSR count). The van der Waals surface area contributed by atoms with Gasteiger partial charge in [-0.05, 0) is 41.7 Å². The van der Waals surface area contributed by atoms with E-state index in [1.807, 2.05) is 4.90 Å². The molecule has 2 amide bonds. The molecule has 0 atom stereocenters. The van der Waals surface area contributed by atoms with Crippen molar-refractivity contribution in [1.82, 2.24) is 9.80 Å². The summed E-state index contributed by atoms with van der Waals surface area (Å²) in [5, 5.41) is 9.00. The second-order valence-electron chi connectivity index (χ2n) is 7.76. The highest BCUT2D eigenvalue weighted by atomic mass is 16.2. The predicted octanol–water partition coefficient (Wildman–Crippen LogP) is 3.60. The van der Waals surface area contributed by atoms with Crippen LogP contribution in [0.3, 0.4) is 0 Å². The Bertz CT molecular complexity index is 904. The first-order chi connectivity index (χ1) is 14.0. The van der Waals surface area contributed by atoms with E-state index in [9.17, 15) is 9.59 Å². The van der Waals surface area contributed by atoms with Gasteiger partial charge in [0.15, 0.2) is 0 Å². The average Bonchev–Trinajstić information content (AvgIpc) is 2.77.